The highest BCUT2D eigenvalue weighted by molar-refractivity contribution is 6.40. The van der Waals surface area contributed by atoms with Crippen LogP contribution in [0.1, 0.15) is 20.8 Å². The molecule has 7 heteroatoms. The Labute approximate surface area is 120 Å². The van der Waals surface area contributed by atoms with E-state index in [0.717, 1.165) is 4.68 Å². The summed E-state index contributed by atoms with van der Waals surface area (Å²) in [6.45, 7) is 5.27. The van der Waals surface area contributed by atoms with Crippen molar-refractivity contribution in [1.82, 2.24) is 9.78 Å². The van der Waals surface area contributed by atoms with E-state index in [2.05, 4.69) is 5.10 Å². The number of ether oxygens (including phenoxy) is 1. The van der Waals surface area contributed by atoms with Crippen molar-refractivity contribution in [1.29, 1.82) is 0 Å². The van der Waals surface area contributed by atoms with Crippen molar-refractivity contribution in [2.45, 2.75) is 26.4 Å². The Morgan fingerprint density at radius 3 is 2.58 bits per heavy atom. The summed E-state index contributed by atoms with van der Waals surface area (Å²) < 4.78 is 6.27. The van der Waals surface area contributed by atoms with Crippen LogP contribution >= 0.6 is 23.2 Å². The predicted molar refractivity (Wildman–Crippen MR) is 75.8 cm³/mol. The highest BCUT2D eigenvalue weighted by atomic mass is 35.5. The molecule has 0 radical (unpaired) electrons. The molecule has 0 unspecified atom stereocenters. The summed E-state index contributed by atoms with van der Waals surface area (Å²) in [7, 11) is 0. The molecule has 1 aromatic carbocycles. The molecule has 0 amide bonds. The van der Waals surface area contributed by atoms with Crippen LogP contribution in [0.3, 0.4) is 0 Å². The number of nitrogen functional groups attached to an aromatic ring is 1. The van der Waals surface area contributed by atoms with Crippen molar-refractivity contribution < 1.29 is 9.53 Å². The number of halogens is 2. The molecular formula is C12H13Cl2N3O2. The van der Waals surface area contributed by atoms with Gasteiger partial charge in [-0.1, -0.05) is 23.2 Å². The van der Waals surface area contributed by atoms with Gasteiger partial charge in [-0.05, 0) is 32.9 Å². The van der Waals surface area contributed by atoms with Gasteiger partial charge in [0.25, 0.3) is 0 Å². The Balaban J connectivity index is 2.63. The molecule has 0 saturated heterocycles. The second-order valence-electron chi connectivity index (χ2n) is 5.04. The Morgan fingerprint density at radius 1 is 1.37 bits per heavy atom. The Morgan fingerprint density at radius 2 is 2.00 bits per heavy atom. The molecule has 1 heterocycles. The highest BCUT2D eigenvalue weighted by Gasteiger charge is 2.24. The summed E-state index contributed by atoms with van der Waals surface area (Å²) >= 11 is 12.1. The Bertz CT molecular complexity index is 659. The molecule has 2 N–H and O–H groups in total. The van der Waals surface area contributed by atoms with Crippen LogP contribution in [0.25, 0.3) is 10.9 Å². The Hall–Kier alpha value is -1.46. The minimum Gasteiger partial charge on any atom is -0.442 e. The van der Waals surface area contributed by atoms with E-state index in [1.54, 1.807) is 32.9 Å². The molecule has 0 saturated carbocycles. The molecule has 5 nitrogen and oxygen atoms in total. The monoisotopic (exact) mass is 301 g/mol. The summed E-state index contributed by atoms with van der Waals surface area (Å²) in [5.41, 5.74) is 5.92. The molecule has 1 aromatic heterocycles. The number of carbonyl (C=O) groups is 1. The van der Waals surface area contributed by atoms with Crippen molar-refractivity contribution in [3.05, 3.63) is 22.3 Å². The van der Waals surface area contributed by atoms with Crippen LogP contribution in [0.4, 0.5) is 10.5 Å². The second-order valence-corrected chi connectivity index (χ2v) is 5.81. The Kier molecular flexibility index (Phi) is 3.36. The number of nitrogens with two attached hydrogens (primary N) is 1. The first-order chi connectivity index (χ1) is 8.70. The number of hydrogen-bond acceptors (Lipinski definition) is 4. The molecule has 2 aromatic rings. The standard InChI is InChI=1S/C12H13Cl2N3O2/c1-12(2,3)19-11(18)17-9-6(13)4-5-7(15)8(9)10(14)16-17/h4-5H,15H2,1-3H3. The number of nitrogens with zero attached hydrogens (tertiary/aromatic N) is 2. The maximum Gasteiger partial charge on any atom is 0.435 e. The summed E-state index contributed by atoms with van der Waals surface area (Å²) in [4.78, 5) is 12.1. The maximum atomic E-state index is 12.1. The van der Waals surface area contributed by atoms with E-state index < -0.39 is 11.7 Å². The number of aromatic nitrogens is 2. The van der Waals surface area contributed by atoms with E-state index in [9.17, 15) is 4.79 Å². The van der Waals surface area contributed by atoms with Crippen LogP contribution in [-0.4, -0.2) is 21.5 Å². The molecule has 19 heavy (non-hydrogen) atoms. The summed E-state index contributed by atoms with van der Waals surface area (Å²) in [6.07, 6.45) is -0.656. The van der Waals surface area contributed by atoms with Crippen molar-refractivity contribution >= 4 is 45.9 Å². The fraction of sp³-hybridized carbons (Fsp3) is 0.333. The highest BCUT2D eigenvalue weighted by Crippen LogP contribution is 2.33. The van der Waals surface area contributed by atoms with Crippen molar-refractivity contribution in [3.8, 4) is 0 Å². The van der Waals surface area contributed by atoms with Crippen molar-refractivity contribution in [2.24, 2.45) is 0 Å². The number of benzene rings is 1. The first-order valence-electron chi connectivity index (χ1n) is 5.56. The number of fused-ring (bicyclic) bond motifs is 1. The van der Waals surface area contributed by atoms with E-state index in [1.165, 1.54) is 0 Å². The summed E-state index contributed by atoms with van der Waals surface area (Å²) in [5, 5.41) is 4.82. The summed E-state index contributed by atoms with van der Waals surface area (Å²) in [5.74, 6) is 0. The lowest BCUT2D eigenvalue weighted by Crippen LogP contribution is -2.27. The number of carbonyl (C=O) groups excluding carboxylic acids is 1. The van der Waals surface area contributed by atoms with Crippen LogP contribution in [0.2, 0.25) is 10.2 Å². The zero-order chi connectivity index (χ0) is 14.4. The van der Waals surface area contributed by atoms with Crippen LogP contribution < -0.4 is 5.73 Å². The largest absolute Gasteiger partial charge is 0.442 e. The van der Waals surface area contributed by atoms with Gasteiger partial charge in [-0.2, -0.15) is 4.68 Å². The van der Waals surface area contributed by atoms with Crippen molar-refractivity contribution in [3.63, 3.8) is 0 Å². The third kappa shape index (κ3) is 2.62. The van der Waals surface area contributed by atoms with E-state index in [4.69, 9.17) is 33.7 Å². The molecule has 0 spiro atoms. The number of anilines is 1. The lowest BCUT2D eigenvalue weighted by atomic mass is 10.2. The third-order valence-corrected chi connectivity index (χ3v) is 2.90. The maximum absolute atomic E-state index is 12.1. The van der Waals surface area contributed by atoms with E-state index in [0.29, 0.717) is 21.6 Å². The van der Waals surface area contributed by atoms with Gasteiger partial charge in [0.1, 0.15) is 11.1 Å². The van der Waals surface area contributed by atoms with Gasteiger partial charge in [0.2, 0.25) is 0 Å². The zero-order valence-electron chi connectivity index (χ0n) is 10.7. The van der Waals surface area contributed by atoms with Gasteiger partial charge in [0, 0.05) is 5.69 Å². The van der Waals surface area contributed by atoms with Crippen LogP contribution in [0.5, 0.6) is 0 Å². The first kappa shape index (κ1) is 14.0. The minimum absolute atomic E-state index is 0.112. The molecule has 2 rings (SSSR count). The number of hydrogen-bond donors (Lipinski definition) is 1. The topological polar surface area (TPSA) is 70.1 Å². The fourth-order valence-electron chi connectivity index (χ4n) is 1.63. The van der Waals surface area contributed by atoms with E-state index >= 15 is 0 Å². The van der Waals surface area contributed by atoms with Gasteiger partial charge in [-0.3, -0.25) is 0 Å². The minimum atomic E-state index is -0.656. The van der Waals surface area contributed by atoms with Crippen LogP contribution in [-0.2, 0) is 4.74 Å². The molecule has 0 bridgehead atoms. The lowest BCUT2D eigenvalue weighted by molar-refractivity contribution is 0.0523. The molecule has 0 aliphatic heterocycles. The smallest absolute Gasteiger partial charge is 0.435 e. The molecule has 0 atom stereocenters. The van der Waals surface area contributed by atoms with Crippen molar-refractivity contribution in [2.75, 3.05) is 5.73 Å². The lowest BCUT2D eigenvalue weighted by Gasteiger charge is -2.19. The average Bonchev–Trinajstić information content (AvgIpc) is 2.61. The van der Waals surface area contributed by atoms with Crippen LogP contribution in [0.15, 0.2) is 12.1 Å². The molecular weight excluding hydrogens is 289 g/mol. The molecule has 0 fully saturated rings. The van der Waals surface area contributed by atoms with Gasteiger partial charge in [0.05, 0.1) is 10.4 Å². The predicted octanol–water partition coefficient (Wildman–Crippen LogP) is 3.71. The van der Waals surface area contributed by atoms with E-state index in [-0.39, 0.29) is 5.15 Å². The number of rotatable bonds is 0. The van der Waals surface area contributed by atoms with Gasteiger partial charge in [-0.15, -0.1) is 5.10 Å². The molecule has 0 aliphatic carbocycles. The third-order valence-electron chi connectivity index (χ3n) is 2.33. The fourth-order valence-corrected chi connectivity index (χ4v) is 2.14. The van der Waals surface area contributed by atoms with Gasteiger partial charge < -0.3 is 10.5 Å². The average molecular weight is 302 g/mol. The first-order valence-corrected chi connectivity index (χ1v) is 6.32. The van der Waals surface area contributed by atoms with E-state index in [1.807, 2.05) is 0 Å². The normalized spacial score (nSPS) is 11.8. The molecule has 102 valence electrons. The van der Waals surface area contributed by atoms with Gasteiger partial charge in [0.15, 0.2) is 5.15 Å². The molecule has 0 aliphatic rings. The summed E-state index contributed by atoms with van der Waals surface area (Å²) in [6, 6.07) is 3.19. The zero-order valence-corrected chi connectivity index (χ0v) is 12.2. The SMILES string of the molecule is CC(C)(C)OC(=O)n1nc(Cl)c2c(N)ccc(Cl)c21. The quantitative estimate of drug-likeness (QED) is 0.753. The van der Waals surface area contributed by atoms with Crippen LogP contribution in [0, 0.1) is 0 Å². The van der Waals surface area contributed by atoms with Gasteiger partial charge >= 0.3 is 6.09 Å². The second kappa shape index (κ2) is 4.58. The van der Waals surface area contributed by atoms with Gasteiger partial charge in [-0.25, -0.2) is 4.79 Å².